The number of nitrogen functional groups attached to an aromatic ring is 1. The van der Waals surface area contributed by atoms with Gasteiger partial charge in [0.2, 0.25) is 0 Å². The summed E-state index contributed by atoms with van der Waals surface area (Å²) < 4.78 is 0. The first kappa shape index (κ1) is 11.2. The first-order valence-corrected chi connectivity index (χ1v) is 5.83. The molecule has 0 spiro atoms. The summed E-state index contributed by atoms with van der Waals surface area (Å²) in [5.74, 6) is 0.868. The lowest BCUT2D eigenvalue weighted by Gasteiger charge is -2.16. The van der Waals surface area contributed by atoms with E-state index in [1.165, 1.54) is 12.8 Å². The van der Waals surface area contributed by atoms with Gasteiger partial charge in [0.05, 0.1) is 0 Å². The third-order valence-electron chi connectivity index (χ3n) is 3.09. The average molecular weight is 220 g/mol. The molecular formula is C12H20N4. The zero-order valence-corrected chi connectivity index (χ0v) is 10.0. The van der Waals surface area contributed by atoms with Gasteiger partial charge in [0.25, 0.3) is 0 Å². The van der Waals surface area contributed by atoms with Crippen molar-refractivity contribution >= 4 is 11.5 Å². The number of anilines is 2. The Kier molecular flexibility index (Phi) is 3.29. The lowest BCUT2D eigenvalue weighted by atomic mass is 10.2. The van der Waals surface area contributed by atoms with Crippen molar-refractivity contribution in [2.75, 3.05) is 31.2 Å². The van der Waals surface area contributed by atoms with E-state index in [2.05, 4.69) is 22.2 Å². The Hall–Kier alpha value is -1.29. The number of rotatable bonds is 5. The summed E-state index contributed by atoms with van der Waals surface area (Å²) in [6, 6.07) is 2.71. The molecule has 88 valence electrons. The number of hydrogen-bond acceptors (Lipinski definition) is 4. The van der Waals surface area contributed by atoms with E-state index in [4.69, 9.17) is 5.73 Å². The topological polar surface area (TPSA) is 54.2 Å². The molecule has 1 aromatic heterocycles. The maximum atomic E-state index is 5.82. The van der Waals surface area contributed by atoms with Crippen molar-refractivity contribution in [2.45, 2.75) is 25.8 Å². The second kappa shape index (κ2) is 4.70. The summed E-state index contributed by atoms with van der Waals surface area (Å²) in [7, 11) is 2.18. The molecule has 1 aliphatic rings. The molecule has 0 bridgehead atoms. The van der Waals surface area contributed by atoms with Crippen molar-refractivity contribution in [3.63, 3.8) is 0 Å². The molecule has 2 rings (SSSR count). The van der Waals surface area contributed by atoms with Crippen LogP contribution < -0.4 is 11.1 Å². The fraction of sp³-hybridized carbons (Fsp3) is 0.583. The molecule has 4 heteroatoms. The third-order valence-corrected chi connectivity index (χ3v) is 3.09. The van der Waals surface area contributed by atoms with Crippen LogP contribution in [0.5, 0.6) is 0 Å². The van der Waals surface area contributed by atoms with Crippen molar-refractivity contribution in [2.24, 2.45) is 0 Å². The monoisotopic (exact) mass is 220 g/mol. The molecule has 0 aromatic carbocycles. The van der Waals surface area contributed by atoms with E-state index in [9.17, 15) is 0 Å². The maximum Gasteiger partial charge on any atom is 0.128 e. The number of nitrogens with one attached hydrogen (secondary N) is 1. The SMILES string of the molecule is Cc1cnc(NCCN(C)C2CC2)cc1N. The van der Waals surface area contributed by atoms with Crippen molar-refractivity contribution < 1.29 is 0 Å². The molecule has 1 saturated carbocycles. The summed E-state index contributed by atoms with van der Waals surface area (Å²) in [5.41, 5.74) is 7.65. The molecule has 3 N–H and O–H groups in total. The second-order valence-corrected chi connectivity index (χ2v) is 4.56. The minimum atomic E-state index is 0.799. The van der Waals surface area contributed by atoms with Gasteiger partial charge in [-0.15, -0.1) is 0 Å². The van der Waals surface area contributed by atoms with E-state index in [1.807, 2.05) is 19.2 Å². The molecular weight excluding hydrogens is 200 g/mol. The first-order chi connectivity index (χ1) is 7.66. The molecule has 0 aliphatic heterocycles. The highest BCUT2D eigenvalue weighted by molar-refractivity contribution is 5.53. The fourth-order valence-electron chi connectivity index (χ4n) is 1.69. The number of hydrogen-bond donors (Lipinski definition) is 2. The molecule has 1 heterocycles. The molecule has 1 fully saturated rings. The largest absolute Gasteiger partial charge is 0.398 e. The number of likely N-dealkylation sites (N-methyl/N-ethyl adjacent to an activating group) is 1. The highest BCUT2D eigenvalue weighted by atomic mass is 15.2. The second-order valence-electron chi connectivity index (χ2n) is 4.56. The van der Waals surface area contributed by atoms with Gasteiger partial charge in [0.15, 0.2) is 0 Å². The Morgan fingerprint density at radius 2 is 2.31 bits per heavy atom. The van der Waals surface area contributed by atoms with Gasteiger partial charge >= 0.3 is 0 Å². The minimum absolute atomic E-state index is 0.799. The summed E-state index contributed by atoms with van der Waals surface area (Å²) >= 11 is 0. The van der Waals surface area contributed by atoms with Gasteiger partial charge in [-0.3, -0.25) is 0 Å². The third kappa shape index (κ3) is 2.85. The summed E-state index contributed by atoms with van der Waals surface area (Å²) in [6.07, 6.45) is 4.51. The van der Waals surface area contributed by atoms with E-state index in [-0.39, 0.29) is 0 Å². The number of aryl methyl sites for hydroxylation is 1. The lowest BCUT2D eigenvalue weighted by molar-refractivity contribution is 0.337. The van der Waals surface area contributed by atoms with Crippen LogP contribution in [0.2, 0.25) is 0 Å². The fourth-order valence-corrected chi connectivity index (χ4v) is 1.69. The number of aromatic nitrogens is 1. The predicted octanol–water partition coefficient (Wildman–Crippen LogP) is 1.48. The molecule has 0 radical (unpaired) electrons. The van der Waals surface area contributed by atoms with Gasteiger partial charge in [-0.1, -0.05) is 0 Å². The highest BCUT2D eigenvalue weighted by Gasteiger charge is 2.25. The van der Waals surface area contributed by atoms with Crippen molar-refractivity contribution in [1.29, 1.82) is 0 Å². The van der Waals surface area contributed by atoms with Gasteiger partial charge in [0.1, 0.15) is 5.82 Å². The van der Waals surface area contributed by atoms with Crippen LogP contribution >= 0.6 is 0 Å². The van der Waals surface area contributed by atoms with Crippen molar-refractivity contribution in [3.05, 3.63) is 17.8 Å². The molecule has 1 aliphatic carbocycles. The number of nitrogens with zero attached hydrogens (tertiary/aromatic N) is 2. The van der Waals surface area contributed by atoms with Gasteiger partial charge in [-0.25, -0.2) is 4.98 Å². The lowest BCUT2D eigenvalue weighted by Crippen LogP contribution is -2.27. The Morgan fingerprint density at radius 3 is 2.94 bits per heavy atom. The molecule has 1 aromatic rings. The molecule has 0 unspecified atom stereocenters. The highest BCUT2D eigenvalue weighted by Crippen LogP contribution is 2.24. The van der Waals surface area contributed by atoms with Crippen molar-refractivity contribution in [3.8, 4) is 0 Å². The Bertz CT molecular complexity index is 360. The maximum absolute atomic E-state index is 5.82. The molecule has 0 saturated heterocycles. The van der Waals surface area contributed by atoms with Crippen LogP contribution in [-0.4, -0.2) is 36.1 Å². The van der Waals surface area contributed by atoms with Crippen LogP contribution in [0.25, 0.3) is 0 Å². The Labute approximate surface area is 96.8 Å². The average Bonchev–Trinajstić information content (AvgIpc) is 3.07. The summed E-state index contributed by atoms with van der Waals surface area (Å²) in [5, 5.41) is 3.29. The van der Waals surface area contributed by atoms with Gasteiger partial charge in [-0.2, -0.15) is 0 Å². The van der Waals surface area contributed by atoms with E-state index >= 15 is 0 Å². The van der Waals surface area contributed by atoms with E-state index < -0.39 is 0 Å². The zero-order chi connectivity index (χ0) is 11.5. The zero-order valence-electron chi connectivity index (χ0n) is 10.0. The van der Waals surface area contributed by atoms with E-state index in [0.29, 0.717) is 0 Å². The number of nitrogens with two attached hydrogens (primary N) is 1. The van der Waals surface area contributed by atoms with Crippen LogP contribution in [0.1, 0.15) is 18.4 Å². The van der Waals surface area contributed by atoms with Gasteiger partial charge < -0.3 is 16.0 Å². The minimum Gasteiger partial charge on any atom is -0.398 e. The summed E-state index contributed by atoms with van der Waals surface area (Å²) in [6.45, 7) is 3.94. The molecule has 4 nitrogen and oxygen atoms in total. The molecule has 16 heavy (non-hydrogen) atoms. The number of pyridine rings is 1. The quantitative estimate of drug-likeness (QED) is 0.789. The standard InChI is InChI=1S/C12H20N4/c1-9-8-15-12(7-11(9)13)14-5-6-16(2)10-3-4-10/h7-8,10H,3-6H2,1-2H3,(H3,13,14,15). The van der Waals surface area contributed by atoms with Crippen LogP contribution in [0.15, 0.2) is 12.3 Å². The Balaban J connectivity index is 1.78. The van der Waals surface area contributed by atoms with Crippen LogP contribution in [-0.2, 0) is 0 Å². The Morgan fingerprint density at radius 1 is 1.56 bits per heavy atom. The van der Waals surface area contributed by atoms with Crippen LogP contribution in [0, 0.1) is 6.92 Å². The predicted molar refractivity (Wildman–Crippen MR) is 67.5 cm³/mol. The smallest absolute Gasteiger partial charge is 0.128 e. The van der Waals surface area contributed by atoms with Gasteiger partial charge in [0, 0.05) is 37.1 Å². The van der Waals surface area contributed by atoms with Gasteiger partial charge in [-0.05, 0) is 32.4 Å². The molecule has 0 amide bonds. The van der Waals surface area contributed by atoms with Crippen molar-refractivity contribution in [1.82, 2.24) is 9.88 Å². The van der Waals surface area contributed by atoms with Crippen LogP contribution in [0.3, 0.4) is 0 Å². The summed E-state index contributed by atoms with van der Waals surface area (Å²) in [4.78, 5) is 6.68. The first-order valence-electron chi connectivity index (χ1n) is 5.83. The van der Waals surface area contributed by atoms with Crippen LogP contribution in [0.4, 0.5) is 11.5 Å². The van der Waals surface area contributed by atoms with E-state index in [1.54, 1.807) is 0 Å². The molecule has 0 atom stereocenters. The normalized spacial score (nSPS) is 15.4. The van der Waals surface area contributed by atoms with E-state index in [0.717, 1.165) is 36.2 Å².